The number of aromatic amines is 1. The minimum Gasteiger partial charge on any atom is -0.345 e. The summed E-state index contributed by atoms with van der Waals surface area (Å²) >= 11 is 0. The zero-order valence-corrected chi connectivity index (χ0v) is 11.9. The SMILES string of the molecule is CNS(=O)(=O)c1cc(C(=O)Nc2n[nH]c(C)n2)n(C)c1. The minimum atomic E-state index is -3.59. The number of rotatable bonds is 4. The highest BCUT2D eigenvalue weighted by Crippen LogP contribution is 2.14. The first-order valence-electron chi connectivity index (χ1n) is 5.64. The summed E-state index contributed by atoms with van der Waals surface area (Å²) in [6.45, 7) is 1.70. The summed E-state index contributed by atoms with van der Waals surface area (Å²) in [6, 6.07) is 1.28. The van der Waals surface area contributed by atoms with Gasteiger partial charge in [-0.1, -0.05) is 0 Å². The molecule has 3 N–H and O–H groups in total. The summed E-state index contributed by atoms with van der Waals surface area (Å²) in [5.41, 5.74) is 0.182. The van der Waals surface area contributed by atoms with Gasteiger partial charge in [-0.15, -0.1) is 5.10 Å². The molecule has 1 amide bonds. The van der Waals surface area contributed by atoms with Crippen LogP contribution in [0.4, 0.5) is 5.95 Å². The quantitative estimate of drug-likeness (QED) is 0.709. The smallest absolute Gasteiger partial charge is 0.274 e. The van der Waals surface area contributed by atoms with E-state index in [2.05, 4.69) is 25.2 Å². The molecule has 0 aliphatic rings. The number of hydrogen-bond acceptors (Lipinski definition) is 5. The van der Waals surface area contributed by atoms with E-state index in [-0.39, 0.29) is 16.5 Å². The second kappa shape index (κ2) is 5.06. The lowest BCUT2D eigenvalue weighted by atomic mass is 10.4. The number of amides is 1. The number of sulfonamides is 1. The Morgan fingerprint density at radius 1 is 1.45 bits per heavy atom. The van der Waals surface area contributed by atoms with E-state index in [9.17, 15) is 13.2 Å². The predicted molar refractivity (Wildman–Crippen MR) is 70.7 cm³/mol. The van der Waals surface area contributed by atoms with Gasteiger partial charge in [0.25, 0.3) is 5.91 Å². The Morgan fingerprint density at radius 3 is 2.70 bits per heavy atom. The number of nitrogens with one attached hydrogen (secondary N) is 3. The number of carbonyl (C=O) groups excluding carboxylic acids is 1. The van der Waals surface area contributed by atoms with Crippen molar-refractivity contribution in [2.75, 3.05) is 12.4 Å². The Hall–Kier alpha value is -2.20. The number of carbonyl (C=O) groups is 1. The van der Waals surface area contributed by atoms with E-state index in [1.54, 1.807) is 14.0 Å². The van der Waals surface area contributed by atoms with Crippen molar-refractivity contribution in [3.05, 3.63) is 23.8 Å². The lowest BCUT2D eigenvalue weighted by molar-refractivity contribution is 0.101. The van der Waals surface area contributed by atoms with E-state index in [0.717, 1.165) is 0 Å². The van der Waals surface area contributed by atoms with Gasteiger partial charge in [-0.2, -0.15) is 4.98 Å². The maximum absolute atomic E-state index is 12.0. The van der Waals surface area contributed by atoms with Gasteiger partial charge in [-0.3, -0.25) is 15.2 Å². The minimum absolute atomic E-state index is 0.0128. The van der Waals surface area contributed by atoms with E-state index >= 15 is 0 Å². The van der Waals surface area contributed by atoms with Crippen LogP contribution in [0.15, 0.2) is 17.2 Å². The fourth-order valence-electron chi connectivity index (χ4n) is 1.59. The molecule has 2 rings (SSSR count). The van der Waals surface area contributed by atoms with E-state index in [1.165, 1.54) is 23.9 Å². The second-order valence-electron chi connectivity index (χ2n) is 4.08. The van der Waals surface area contributed by atoms with E-state index in [0.29, 0.717) is 5.82 Å². The lowest BCUT2D eigenvalue weighted by Gasteiger charge is -2.01. The molecule has 108 valence electrons. The maximum atomic E-state index is 12.0. The average molecular weight is 298 g/mol. The van der Waals surface area contributed by atoms with Crippen molar-refractivity contribution in [2.45, 2.75) is 11.8 Å². The molecule has 0 saturated carbocycles. The van der Waals surface area contributed by atoms with Crippen molar-refractivity contribution >= 4 is 21.9 Å². The average Bonchev–Trinajstić information content (AvgIpc) is 2.96. The predicted octanol–water partition coefficient (Wildman–Crippen LogP) is -0.388. The summed E-state index contributed by atoms with van der Waals surface area (Å²) in [6.07, 6.45) is 1.35. The van der Waals surface area contributed by atoms with Gasteiger partial charge >= 0.3 is 0 Å². The molecule has 0 atom stereocenters. The van der Waals surface area contributed by atoms with Crippen LogP contribution in [-0.2, 0) is 17.1 Å². The number of H-pyrrole nitrogens is 1. The van der Waals surface area contributed by atoms with Crippen LogP contribution >= 0.6 is 0 Å². The molecule has 2 aromatic rings. The third kappa shape index (κ3) is 2.70. The highest BCUT2D eigenvalue weighted by molar-refractivity contribution is 7.89. The molecule has 0 aromatic carbocycles. The first-order valence-corrected chi connectivity index (χ1v) is 7.12. The Labute approximate surface area is 115 Å². The van der Waals surface area contributed by atoms with Crippen LogP contribution in [0.25, 0.3) is 0 Å². The topological polar surface area (TPSA) is 122 Å². The molecule has 10 heteroatoms. The van der Waals surface area contributed by atoms with Crippen LogP contribution in [0.5, 0.6) is 0 Å². The highest BCUT2D eigenvalue weighted by Gasteiger charge is 2.19. The van der Waals surface area contributed by atoms with Gasteiger partial charge in [-0.25, -0.2) is 13.1 Å². The third-order valence-corrected chi connectivity index (χ3v) is 4.00. The molecule has 0 aliphatic heterocycles. The van der Waals surface area contributed by atoms with Crippen LogP contribution in [0.2, 0.25) is 0 Å². The van der Waals surface area contributed by atoms with Crippen molar-refractivity contribution in [1.29, 1.82) is 0 Å². The zero-order chi connectivity index (χ0) is 14.9. The van der Waals surface area contributed by atoms with Gasteiger partial charge in [0.05, 0.1) is 0 Å². The van der Waals surface area contributed by atoms with Gasteiger partial charge in [0, 0.05) is 13.2 Å². The maximum Gasteiger partial charge on any atom is 0.274 e. The number of anilines is 1. The molecular weight excluding hydrogens is 284 g/mol. The van der Waals surface area contributed by atoms with Gasteiger partial charge in [0.15, 0.2) is 0 Å². The summed E-state index contributed by atoms with van der Waals surface area (Å²) in [7, 11) is -0.710. The summed E-state index contributed by atoms with van der Waals surface area (Å²) in [5.74, 6) is 0.196. The Balaban J connectivity index is 2.27. The Bertz CT molecular complexity index is 745. The molecule has 9 nitrogen and oxygen atoms in total. The van der Waals surface area contributed by atoms with Gasteiger partial charge in [0.2, 0.25) is 16.0 Å². The largest absolute Gasteiger partial charge is 0.345 e. The van der Waals surface area contributed by atoms with E-state index in [4.69, 9.17) is 0 Å². The fourth-order valence-corrected chi connectivity index (χ4v) is 2.39. The first-order chi connectivity index (χ1) is 9.33. The normalized spacial score (nSPS) is 11.6. The molecule has 20 heavy (non-hydrogen) atoms. The molecule has 2 heterocycles. The molecule has 2 aromatic heterocycles. The van der Waals surface area contributed by atoms with E-state index < -0.39 is 15.9 Å². The molecule has 0 aliphatic carbocycles. The van der Waals surface area contributed by atoms with Crippen molar-refractivity contribution in [3.8, 4) is 0 Å². The molecule has 0 spiro atoms. The Kier molecular flexibility index (Phi) is 3.59. The van der Waals surface area contributed by atoms with E-state index in [1.807, 2.05) is 0 Å². The van der Waals surface area contributed by atoms with Crippen LogP contribution < -0.4 is 10.0 Å². The number of aryl methyl sites for hydroxylation is 2. The standard InChI is InChI=1S/C10H14N6O3S/c1-6-12-10(15-14-6)13-9(17)8-4-7(5-16(8)3)20(18,19)11-2/h4-5,11H,1-3H3,(H2,12,13,14,15,17). The summed E-state index contributed by atoms with van der Waals surface area (Å²) < 4.78 is 26.9. The van der Waals surface area contributed by atoms with Gasteiger partial charge in [0.1, 0.15) is 16.4 Å². The number of nitrogens with zero attached hydrogens (tertiary/aromatic N) is 3. The van der Waals surface area contributed by atoms with Crippen LogP contribution in [0, 0.1) is 6.92 Å². The van der Waals surface area contributed by atoms with Crippen molar-refractivity contribution < 1.29 is 13.2 Å². The van der Waals surface area contributed by atoms with Gasteiger partial charge in [-0.05, 0) is 20.0 Å². The van der Waals surface area contributed by atoms with Crippen molar-refractivity contribution in [3.63, 3.8) is 0 Å². The van der Waals surface area contributed by atoms with Crippen LogP contribution in [-0.4, -0.2) is 41.1 Å². The molecule has 0 unspecified atom stereocenters. The fraction of sp³-hybridized carbons (Fsp3) is 0.300. The molecule has 0 bridgehead atoms. The lowest BCUT2D eigenvalue weighted by Crippen LogP contribution is -2.18. The first kappa shape index (κ1) is 14.2. The second-order valence-corrected chi connectivity index (χ2v) is 5.96. The van der Waals surface area contributed by atoms with Gasteiger partial charge < -0.3 is 4.57 Å². The zero-order valence-electron chi connectivity index (χ0n) is 11.1. The molecule has 0 fully saturated rings. The monoisotopic (exact) mass is 298 g/mol. The van der Waals surface area contributed by atoms with Crippen LogP contribution in [0.1, 0.15) is 16.3 Å². The summed E-state index contributed by atoms with van der Waals surface area (Å²) in [5, 5.41) is 8.84. The molecular formula is C10H14N6O3S. The van der Waals surface area contributed by atoms with Crippen LogP contribution in [0.3, 0.4) is 0 Å². The third-order valence-electron chi connectivity index (χ3n) is 2.61. The van der Waals surface area contributed by atoms with Crippen molar-refractivity contribution in [1.82, 2.24) is 24.5 Å². The highest BCUT2D eigenvalue weighted by atomic mass is 32.2. The number of hydrogen-bond donors (Lipinski definition) is 3. The Morgan fingerprint density at radius 2 is 2.15 bits per heavy atom. The summed E-state index contributed by atoms with van der Waals surface area (Å²) in [4.78, 5) is 16.0. The molecule has 0 saturated heterocycles. The van der Waals surface area contributed by atoms with Crippen molar-refractivity contribution in [2.24, 2.45) is 7.05 Å². The number of aromatic nitrogens is 4. The molecule has 0 radical (unpaired) electrons.